The average molecular weight is 115 g/mol. The third-order valence-electron chi connectivity index (χ3n) is 1.51. The second kappa shape index (κ2) is 1.71. The molecule has 1 aliphatic rings. The Balaban J connectivity index is 2.19. The van der Waals surface area contributed by atoms with E-state index >= 15 is 0 Å². The van der Waals surface area contributed by atoms with Gasteiger partial charge in [0.2, 0.25) is 0 Å². The van der Waals surface area contributed by atoms with E-state index in [1.807, 2.05) is 6.92 Å². The van der Waals surface area contributed by atoms with Gasteiger partial charge in [-0.1, -0.05) is 13.8 Å². The lowest BCUT2D eigenvalue weighted by Gasteiger charge is -2.05. The first kappa shape index (κ1) is 6.06. The first-order valence-electron chi connectivity index (χ1n) is 3.14. The molecule has 1 fully saturated rings. The van der Waals surface area contributed by atoms with E-state index in [4.69, 9.17) is 0 Å². The summed E-state index contributed by atoms with van der Waals surface area (Å²) < 4.78 is 12.7. The minimum atomic E-state index is -0.791. The lowest BCUT2D eigenvalue weighted by Crippen LogP contribution is -2.03. The number of hydrogen-bond acceptors (Lipinski definition) is 0. The summed E-state index contributed by atoms with van der Waals surface area (Å²) in [5.41, 5.74) is -0.791. The molecule has 0 heterocycles. The Morgan fingerprint density at radius 1 is 1.75 bits per heavy atom. The van der Waals surface area contributed by atoms with E-state index in [9.17, 15) is 4.39 Å². The van der Waals surface area contributed by atoms with Gasteiger partial charge in [0.1, 0.15) is 5.67 Å². The van der Waals surface area contributed by atoms with Gasteiger partial charge in [-0.3, -0.25) is 0 Å². The van der Waals surface area contributed by atoms with Gasteiger partial charge in [-0.15, -0.1) is 0 Å². The van der Waals surface area contributed by atoms with E-state index in [1.165, 1.54) is 0 Å². The molecule has 0 N–H and O–H groups in total. The highest BCUT2D eigenvalue weighted by Crippen LogP contribution is 2.44. The van der Waals surface area contributed by atoms with Crippen molar-refractivity contribution in [1.29, 1.82) is 0 Å². The summed E-state index contributed by atoms with van der Waals surface area (Å²) in [6, 6.07) is 0. The summed E-state index contributed by atoms with van der Waals surface area (Å²) in [5, 5.41) is 0. The normalized spacial score (nSPS) is 24.0. The second-order valence-corrected chi connectivity index (χ2v) is 2.96. The van der Waals surface area contributed by atoms with Crippen molar-refractivity contribution in [1.82, 2.24) is 0 Å². The van der Waals surface area contributed by atoms with Gasteiger partial charge >= 0.3 is 0 Å². The fourth-order valence-corrected chi connectivity index (χ4v) is 0.964. The van der Waals surface area contributed by atoms with E-state index < -0.39 is 5.67 Å². The molecule has 0 amide bonds. The first-order valence-corrected chi connectivity index (χ1v) is 3.14. The van der Waals surface area contributed by atoms with Crippen LogP contribution in [0.25, 0.3) is 0 Å². The van der Waals surface area contributed by atoms with Crippen LogP contribution in [0.5, 0.6) is 0 Å². The van der Waals surface area contributed by atoms with Gasteiger partial charge in [0.05, 0.1) is 0 Å². The SMILES string of the molecule is [CH2]C(C)CC1(F)CC1. The fraction of sp³-hybridized carbons (Fsp3) is 0.857. The number of halogens is 1. The molecule has 8 heavy (non-hydrogen) atoms. The Kier molecular flexibility index (Phi) is 1.30. The largest absolute Gasteiger partial charge is 0.244 e. The molecule has 1 aliphatic carbocycles. The molecule has 0 spiro atoms. The zero-order valence-corrected chi connectivity index (χ0v) is 5.28. The molecule has 1 rings (SSSR count). The molecule has 0 aliphatic heterocycles. The van der Waals surface area contributed by atoms with Gasteiger partial charge in [0, 0.05) is 0 Å². The fourth-order valence-electron chi connectivity index (χ4n) is 0.964. The Morgan fingerprint density at radius 3 is 2.38 bits per heavy atom. The third-order valence-corrected chi connectivity index (χ3v) is 1.51. The summed E-state index contributed by atoms with van der Waals surface area (Å²) >= 11 is 0. The summed E-state index contributed by atoms with van der Waals surface area (Å²) in [4.78, 5) is 0. The van der Waals surface area contributed by atoms with Crippen LogP contribution in [0.4, 0.5) is 4.39 Å². The van der Waals surface area contributed by atoms with Crippen molar-refractivity contribution < 1.29 is 4.39 Å². The monoisotopic (exact) mass is 115 g/mol. The Labute approximate surface area is 50.1 Å². The highest BCUT2D eigenvalue weighted by atomic mass is 19.1. The molecular weight excluding hydrogens is 103 g/mol. The van der Waals surface area contributed by atoms with Gasteiger partial charge < -0.3 is 0 Å². The van der Waals surface area contributed by atoms with E-state index in [0.717, 1.165) is 12.8 Å². The minimum absolute atomic E-state index is 0.280. The lowest BCUT2D eigenvalue weighted by molar-refractivity contribution is 0.267. The van der Waals surface area contributed by atoms with Crippen LogP contribution in [0, 0.1) is 12.8 Å². The molecule has 0 nitrogen and oxygen atoms in total. The summed E-state index contributed by atoms with van der Waals surface area (Å²) in [6.07, 6.45) is 2.20. The first-order chi connectivity index (χ1) is 3.62. The van der Waals surface area contributed by atoms with E-state index in [-0.39, 0.29) is 5.92 Å². The third kappa shape index (κ3) is 1.46. The molecule has 1 heteroatoms. The topological polar surface area (TPSA) is 0 Å². The van der Waals surface area contributed by atoms with Crippen molar-refractivity contribution >= 4 is 0 Å². The zero-order chi connectivity index (χ0) is 6.20. The molecule has 0 aromatic rings. The number of hydrogen-bond donors (Lipinski definition) is 0. The van der Waals surface area contributed by atoms with Crippen LogP contribution in [0.1, 0.15) is 26.2 Å². The Hall–Kier alpha value is -0.0700. The molecule has 47 valence electrons. The smallest absolute Gasteiger partial charge is 0.111 e. The maximum absolute atomic E-state index is 12.7. The van der Waals surface area contributed by atoms with Crippen molar-refractivity contribution in [3.8, 4) is 0 Å². The quantitative estimate of drug-likeness (QED) is 0.518. The summed E-state index contributed by atoms with van der Waals surface area (Å²) in [5.74, 6) is 0.280. The van der Waals surface area contributed by atoms with Crippen LogP contribution in [-0.4, -0.2) is 5.67 Å². The molecule has 1 unspecified atom stereocenters. The van der Waals surface area contributed by atoms with Crippen LogP contribution in [0.2, 0.25) is 0 Å². The minimum Gasteiger partial charge on any atom is -0.244 e. The van der Waals surface area contributed by atoms with Gasteiger partial charge in [0.15, 0.2) is 0 Å². The van der Waals surface area contributed by atoms with Gasteiger partial charge in [-0.2, -0.15) is 0 Å². The van der Waals surface area contributed by atoms with Crippen molar-refractivity contribution in [3.63, 3.8) is 0 Å². The number of alkyl halides is 1. The van der Waals surface area contributed by atoms with E-state index in [1.54, 1.807) is 0 Å². The van der Waals surface area contributed by atoms with Gasteiger partial charge in [-0.05, 0) is 25.2 Å². The highest BCUT2D eigenvalue weighted by Gasteiger charge is 2.42. The van der Waals surface area contributed by atoms with Gasteiger partial charge in [-0.25, -0.2) is 4.39 Å². The predicted molar refractivity (Wildman–Crippen MR) is 32.2 cm³/mol. The molecule has 1 atom stereocenters. The van der Waals surface area contributed by atoms with Crippen molar-refractivity contribution in [2.75, 3.05) is 0 Å². The predicted octanol–water partition coefficient (Wildman–Crippen LogP) is 2.35. The van der Waals surface area contributed by atoms with Gasteiger partial charge in [0.25, 0.3) is 0 Å². The van der Waals surface area contributed by atoms with Crippen LogP contribution >= 0.6 is 0 Å². The van der Waals surface area contributed by atoms with Crippen molar-refractivity contribution in [3.05, 3.63) is 6.92 Å². The molecule has 0 saturated heterocycles. The molecule has 0 bridgehead atoms. The maximum atomic E-state index is 12.7. The zero-order valence-electron chi connectivity index (χ0n) is 5.28. The van der Waals surface area contributed by atoms with Crippen LogP contribution in [0.15, 0.2) is 0 Å². The maximum Gasteiger partial charge on any atom is 0.111 e. The van der Waals surface area contributed by atoms with E-state index in [2.05, 4.69) is 6.92 Å². The molecule has 0 aromatic heterocycles. The average Bonchev–Trinajstić information content (AvgIpc) is 2.17. The molecular formula is C7H12F. The number of rotatable bonds is 2. The van der Waals surface area contributed by atoms with Crippen LogP contribution in [-0.2, 0) is 0 Å². The Morgan fingerprint density at radius 2 is 2.25 bits per heavy atom. The van der Waals surface area contributed by atoms with Crippen molar-refractivity contribution in [2.24, 2.45) is 5.92 Å². The highest BCUT2D eigenvalue weighted by molar-refractivity contribution is 4.95. The lowest BCUT2D eigenvalue weighted by atomic mass is 10.1. The van der Waals surface area contributed by atoms with E-state index in [0.29, 0.717) is 6.42 Å². The molecule has 0 aromatic carbocycles. The standard InChI is InChI=1S/C7H12F/c1-6(2)5-7(8)3-4-7/h6H,1,3-5H2,2H3. The summed E-state index contributed by atoms with van der Waals surface area (Å²) in [7, 11) is 0. The molecule has 1 saturated carbocycles. The second-order valence-electron chi connectivity index (χ2n) is 2.96. The molecule has 1 radical (unpaired) electrons. The van der Waals surface area contributed by atoms with Crippen LogP contribution < -0.4 is 0 Å². The van der Waals surface area contributed by atoms with Crippen molar-refractivity contribution in [2.45, 2.75) is 31.9 Å². The summed E-state index contributed by atoms with van der Waals surface area (Å²) in [6.45, 7) is 5.68. The van der Waals surface area contributed by atoms with Crippen LogP contribution in [0.3, 0.4) is 0 Å². The Bertz CT molecular complexity index is 82.4.